The van der Waals surface area contributed by atoms with Crippen molar-refractivity contribution in [1.29, 1.82) is 0 Å². The summed E-state index contributed by atoms with van der Waals surface area (Å²) in [4.78, 5) is 21.4. The molecule has 1 saturated heterocycles. The molecule has 0 radical (unpaired) electrons. The van der Waals surface area contributed by atoms with Crippen molar-refractivity contribution in [3.8, 4) is 11.5 Å². The van der Waals surface area contributed by atoms with E-state index in [2.05, 4.69) is 10.2 Å². The summed E-state index contributed by atoms with van der Waals surface area (Å²) < 4.78 is 11.9. The van der Waals surface area contributed by atoms with E-state index in [1.165, 1.54) is 0 Å². The zero-order chi connectivity index (χ0) is 20.4. The van der Waals surface area contributed by atoms with Crippen molar-refractivity contribution in [2.75, 3.05) is 50.6 Å². The minimum absolute atomic E-state index is 0.0668. The van der Waals surface area contributed by atoms with Crippen molar-refractivity contribution < 1.29 is 14.3 Å². The number of rotatable bonds is 4. The molecule has 0 unspecified atom stereocenters. The third-order valence-corrected chi connectivity index (χ3v) is 6.14. The molecule has 1 fully saturated rings. The number of fused-ring (bicyclic) bond motifs is 1. The summed E-state index contributed by atoms with van der Waals surface area (Å²) in [6.45, 7) is 4.75. The molecule has 1 N–H and O–H groups in total. The molecule has 2 amide bonds. The molecular formula is C21H24N4O3S. The first-order valence-electron chi connectivity index (χ1n) is 9.48. The monoisotopic (exact) mass is 412 g/mol. The van der Waals surface area contributed by atoms with Crippen LogP contribution in [-0.4, -0.2) is 56.3 Å². The fourth-order valence-corrected chi connectivity index (χ4v) is 4.56. The van der Waals surface area contributed by atoms with E-state index in [1.54, 1.807) is 25.6 Å². The Balaban J connectivity index is 1.45. The van der Waals surface area contributed by atoms with Crippen LogP contribution in [0.5, 0.6) is 11.5 Å². The van der Waals surface area contributed by atoms with Gasteiger partial charge in [-0.15, -0.1) is 0 Å². The zero-order valence-electron chi connectivity index (χ0n) is 16.8. The maximum Gasteiger partial charge on any atom is 0.321 e. The Hall–Kier alpha value is -3.00. The smallest absolute Gasteiger partial charge is 0.321 e. The number of benzene rings is 2. The lowest BCUT2D eigenvalue weighted by molar-refractivity contribution is 0.208. The van der Waals surface area contributed by atoms with Gasteiger partial charge in [0.1, 0.15) is 21.7 Å². The van der Waals surface area contributed by atoms with Crippen molar-refractivity contribution in [2.24, 2.45) is 0 Å². The minimum atomic E-state index is -0.0668. The summed E-state index contributed by atoms with van der Waals surface area (Å²) in [5.41, 5.74) is 2.75. The van der Waals surface area contributed by atoms with Gasteiger partial charge in [0, 0.05) is 31.9 Å². The Labute approximate surface area is 173 Å². The highest BCUT2D eigenvalue weighted by atomic mass is 32.1. The number of hydrogen-bond donors (Lipinski definition) is 1. The van der Waals surface area contributed by atoms with Gasteiger partial charge in [-0.25, -0.2) is 9.78 Å². The maximum atomic E-state index is 12.6. The van der Waals surface area contributed by atoms with E-state index in [1.807, 2.05) is 48.2 Å². The fraction of sp³-hybridized carbons (Fsp3) is 0.333. The quantitative estimate of drug-likeness (QED) is 0.702. The highest BCUT2D eigenvalue weighted by Crippen LogP contribution is 2.40. The second kappa shape index (κ2) is 8.16. The van der Waals surface area contributed by atoms with Crippen LogP contribution in [0.3, 0.4) is 0 Å². The van der Waals surface area contributed by atoms with Gasteiger partial charge < -0.3 is 24.6 Å². The Morgan fingerprint density at radius 3 is 2.48 bits per heavy atom. The van der Waals surface area contributed by atoms with Crippen molar-refractivity contribution >= 4 is 38.4 Å². The van der Waals surface area contributed by atoms with Crippen LogP contribution >= 0.6 is 11.3 Å². The van der Waals surface area contributed by atoms with Gasteiger partial charge in [-0.3, -0.25) is 0 Å². The summed E-state index contributed by atoms with van der Waals surface area (Å²) >= 11 is 1.59. The Bertz CT molecular complexity index is 987. The number of methoxy groups -OCH3 is 2. The minimum Gasteiger partial charge on any atom is -0.495 e. The van der Waals surface area contributed by atoms with Crippen molar-refractivity contribution in [1.82, 2.24) is 9.88 Å². The molecule has 0 bridgehead atoms. The summed E-state index contributed by atoms with van der Waals surface area (Å²) in [6.07, 6.45) is 0. The second-order valence-corrected chi connectivity index (χ2v) is 7.90. The molecule has 7 nitrogen and oxygen atoms in total. The van der Waals surface area contributed by atoms with Crippen molar-refractivity contribution in [3.63, 3.8) is 0 Å². The molecule has 152 valence electrons. The number of urea groups is 1. The van der Waals surface area contributed by atoms with E-state index >= 15 is 0 Å². The number of nitrogens with zero attached hydrogens (tertiary/aromatic N) is 3. The molecular weight excluding hydrogens is 388 g/mol. The number of thiazole rings is 1. The third-order valence-electron chi connectivity index (χ3n) is 5.01. The predicted octanol–water partition coefficient (Wildman–Crippen LogP) is 3.98. The van der Waals surface area contributed by atoms with Gasteiger partial charge in [-0.1, -0.05) is 23.5 Å². The largest absolute Gasteiger partial charge is 0.495 e. The Morgan fingerprint density at radius 1 is 1.07 bits per heavy atom. The molecule has 0 saturated carbocycles. The normalized spacial score (nSPS) is 14.2. The maximum absolute atomic E-state index is 12.6. The van der Waals surface area contributed by atoms with E-state index in [9.17, 15) is 4.79 Å². The SMILES string of the molecule is COc1ccc(OC)c2sc(N3CCN(C(=O)Nc4cccc(C)c4)CC3)nc12. The Morgan fingerprint density at radius 2 is 1.79 bits per heavy atom. The fourth-order valence-electron chi connectivity index (χ4n) is 3.44. The van der Waals surface area contributed by atoms with Crippen LogP contribution in [0.4, 0.5) is 15.6 Å². The van der Waals surface area contributed by atoms with Gasteiger partial charge in [0.15, 0.2) is 5.13 Å². The van der Waals surface area contributed by atoms with Gasteiger partial charge in [0.2, 0.25) is 0 Å². The molecule has 2 heterocycles. The summed E-state index contributed by atoms with van der Waals surface area (Å²) in [6, 6.07) is 11.5. The number of piperazine rings is 1. The van der Waals surface area contributed by atoms with Crippen LogP contribution in [0, 0.1) is 6.92 Å². The number of carbonyl (C=O) groups is 1. The standard InChI is InChI=1S/C21H24N4O3S/c1-14-5-4-6-15(13-14)22-20(26)24-9-11-25(12-10-24)21-23-18-16(27-2)7-8-17(28-3)19(18)29-21/h4-8,13H,9-12H2,1-3H3,(H,22,26). The summed E-state index contributed by atoms with van der Waals surface area (Å²) in [5.74, 6) is 1.53. The van der Waals surface area contributed by atoms with Crippen molar-refractivity contribution in [3.05, 3.63) is 42.0 Å². The molecule has 4 rings (SSSR count). The van der Waals surface area contributed by atoms with Gasteiger partial charge in [-0.05, 0) is 36.8 Å². The van der Waals surface area contributed by atoms with Gasteiger partial charge in [-0.2, -0.15) is 0 Å². The molecule has 3 aromatic rings. The number of aromatic nitrogens is 1. The molecule has 1 aromatic heterocycles. The third kappa shape index (κ3) is 3.93. The molecule has 1 aliphatic heterocycles. The lowest BCUT2D eigenvalue weighted by Crippen LogP contribution is -2.50. The average Bonchev–Trinajstić information content (AvgIpc) is 3.18. The first-order valence-corrected chi connectivity index (χ1v) is 10.3. The number of hydrogen-bond acceptors (Lipinski definition) is 6. The molecule has 8 heteroatoms. The first-order chi connectivity index (χ1) is 14.1. The van der Waals surface area contributed by atoms with E-state index in [4.69, 9.17) is 14.5 Å². The number of aryl methyl sites for hydroxylation is 1. The zero-order valence-corrected chi connectivity index (χ0v) is 17.6. The van der Waals surface area contributed by atoms with Gasteiger partial charge in [0.25, 0.3) is 0 Å². The topological polar surface area (TPSA) is 66.9 Å². The number of nitrogens with one attached hydrogen (secondary N) is 1. The number of amides is 2. The van der Waals surface area contributed by atoms with Gasteiger partial charge in [0.05, 0.1) is 14.2 Å². The molecule has 0 aliphatic carbocycles. The summed E-state index contributed by atoms with van der Waals surface area (Å²) in [5, 5.41) is 3.90. The molecule has 1 aliphatic rings. The molecule has 2 aromatic carbocycles. The predicted molar refractivity (Wildman–Crippen MR) is 117 cm³/mol. The van der Waals surface area contributed by atoms with E-state index in [-0.39, 0.29) is 6.03 Å². The van der Waals surface area contributed by atoms with E-state index in [0.717, 1.165) is 51.2 Å². The van der Waals surface area contributed by atoms with Crippen LogP contribution in [0.25, 0.3) is 10.2 Å². The van der Waals surface area contributed by atoms with Gasteiger partial charge >= 0.3 is 6.03 Å². The van der Waals surface area contributed by atoms with Crippen LogP contribution in [0.1, 0.15) is 5.56 Å². The number of carbonyl (C=O) groups excluding carboxylic acids is 1. The van der Waals surface area contributed by atoms with E-state index in [0.29, 0.717) is 13.1 Å². The molecule has 0 atom stereocenters. The highest BCUT2D eigenvalue weighted by molar-refractivity contribution is 7.22. The second-order valence-electron chi connectivity index (χ2n) is 6.92. The van der Waals surface area contributed by atoms with Crippen LogP contribution in [0.2, 0.25) is 0 Å². The summed E-state index contributed by atoms with van der Waals surface area (Å²) in [7, 11) is 3.30. The van der Waals surface area contributed by atoms with Crippen molar-refractivity contribution in [2.45, 2.75) is 6.92 Å². The average molecular weight is 413 g/mol. The molecule has 0 spiro atoms. The lowest BCUT2D eigenvalue weighted by atomic mass is 10.2. The van der Waals surface area contributed by atoms with E-state index < -0.39 is 0 Å². The Kier molecular flexibility index (Phi) is 5.44. The number of ether oxygens (including phenoxy) is 2. The molecule has 29 heavy (non-hydrogen) atoms. The number of anilines is 2. The van der Waals surface area contributed by atoms with Crippen LogP contribution in [0.15, 0.2) is 36.4 Å². The van der Waals surface area contributed by atoms with Crippen LogP contribution in [-0.2, 0) is 0 Å². The first kappa shape index (κ1) is 19.3. The lowest BCUT2D eigenvalue weighted by Gasteiger charge is -2.34. The highest BCUT2D eigenvalue weighted by Gasteiger charge is 2.24. The van der Waals surface area contributed by atoms with Crippen LogP contribution < -0.4 is 19.7 Å².